The number of carbonyl (C=O) groups excluding carboxylic acids is 2. The maximum Gasteiger partial charge on any atom is 0.348 e. The van der Waals surface area contributed by atoms with Crippen LogP contribution in [-0.4, -0.2) is 50.9 Å². The molecule has 1 amide bonds. The monoisotopic (exact) mass is 532 g/mol. The van der Waals surface area contributed by atoms with E-state index in [-0.39, 0.29) is 22.8 Å². The number of ether oxygens (including phenoxy) is 2. The molecule has 0 saturated carbocycles. The minimum atomic E-state index is -4.24. The Hall–Kier alpha value is -3.47. The second kappa shape index (κ2) is 10.7. The van der Waals surface area contributed by atoms with Gasteiger partial charge in [-0.05, 0) is 42.5 Å². The van der Waals surface area contributed by atoms with Crippen molar-refractivity contribution in [3.8, 4) is 5.75 Å². The van der Waals surface area contributed by atoms with Crippen LogP contribution >= 0.6 is 11.6 Å². The lowest BCUT2D eigenvalue weighted by molar-refractivity contribution is -0.148. The van der Waals surface area contributed by atoms with E-state index in [2.05, 4.69) is 0 Å². The van der Waals surface area contributed by atoms with E-state index < -0.39 is 46.9 Å². The number of carbonyl (C=O) groups is 2. The molecule has 3 aromatic rings. The van der Waals surface area contributed by atoms with Crippen LogP contribution in [0.15, 0.2) is 77.7 Å². The van der Waals surface area contributed by atoms with Crippen LogP contribution in [0.25, 0.3) is 0 Å². The van der Waals surface area contributed by atoms with E-state index in [1.165, 1.54) is 54.5 Å². The quantitative estimate of drug-likeness (QED) is 0.431. The smallest absolute Gasteiger partial charge is 0.348 e. The maximum absolute atomic E-state index is 14.5. The number of hydrogen-bond acceptors (Lipinski definition) is 6. The Morgan fingerprint density at radius 2 is 1.75 bits per heavy atom. The summed E-state index contributed by atoms with van der Waals surface area (Å²) in [6.45, 7) is -1.20. The standard InChI is InChI=1S/C25H22ClFN2O6S/c1-34-25(31)23-15-29(21-8-4-5-9-22(21)35-23)24(30)16-28(14-17-6-2-3-7-20(17)27)36(32,33)19-12-10-18(26)11-13-19/h2-13,23H,14-16H2,1H3/t23-/m0/s1. The topological polar surface area (TPSA) is 93.2 Å². The Labute approximate surface area is 212 Å². The van der Waals surface area contributed by atoms with Crippen molar-refractivity contribution in [2.45, 2.75) is 17.5 Å². The van der Waals surface area contributed by atoms with Gasteiger partial charge in [-0.25, -0.2) is 17.6 Å². The van der Waals surface area contributed by atoms with Gasteiger partial charge in [0.1, 0.15) is 11.6 Å². The fourth-order valence-corrected chi connectivity index (χ4v) is 5.25. The van der Waals surface area contributed by atoms with Gasteiger partial charge in [0.25, 0.3) is 0 Å². The van der Waals surface area contributed by atoms with Crippen LogP contribution in [0.3, 0.4) is 0 Å². The van der Waals surface area contributed by atoms with Crippen molar-refractivity contribution in [2.75, 3.05) is 25.1 Å². The highest BCUT2D eigenvalue weighted by Crippen LogP contribution is 2.34. The normalized spacial score (nSPS) is 15.2. The molecular weight excluding hydrogens is 511 g/mol. The van der Waals surface area contributed by atoms with E-state index >= 15 is 0 Å². The molecule has 1 aliphatic heterocycles. The second-order valence-electron chi connectivity index (χ2n) is 7.92. The van der Waals surface area contributed by atoms with E-state index in [0.29, 0.717) is 10.7 Å². The van der Waals surface area contributed by atoms with Crippen molar-refractivity contribution in [3.05, 3.63) is 89.2 Å². The number of benzene rings is 3. The maximum atomic E-state index is 14.5. The predicted molar refractivity (Wildman–Crippen MR) is 131 cm³/mol. The second-order valence-corrected chi connectivity index (χ2v) is 10.3. The molecule has 0 bridgehead atoms. The van der Waals surface area contributed by atoms with Gasteiger partial charge in [0, 0.05) is 17.1 Å². The molecule has 188 valence electrons. The Kier molecular flexibility index (Phi) is 7.58. The molecule has 0 unspecified atom stereocenters. The third kappa shape index (κ3) is 5.35. The predicted octanol–water partition coefficient (Wildman–Crippen LogP) is 3.64. The summed E-state index contributed by atoms with van der Waals surface area (Å²) in [5.41, 5.74) is 0.468. The zero-order valence-corrected chi connectivity index (χ0v) is 20.7. The highest BCUT2D eigenvalue weighted by atomic mass is 35.5. The fourth-order valence-electron chi connectivity index (χ4n) is 3.76. The summed E-state index contributed by atoms with van der Waals surface area (Å²) in [5.74, 6) is -1.65. The molecule has 0 radical (unpaired) electrons. The van der Waals surface area contributed by atoms with Crippen LogP contribution in [0.2, 0.25) is 5.02 Å². The number of rotatable bonds is 7. The zero-order valence-electron chi connectivity index (χ0n) is 19.1. The van der Waals surface area contributed by atoms with Crippen molar-refractivity contribution >= 4 is 39.2 Å². The zero-order chi connectivity index (χ0) is 25.9. The molecule has 0 fully saturated rings. The Bertz CT molecular complexity index is 1380. The molecule has 1 heterocycles. The lowest BCUT2D eigenvalue weighted by Crippen LogP contribution is -2.50. The number of para-hydroxylation sites is 2. The average molecular weight is 533 g/mol. The van der Waals surface area contributed by atoms with Crippen LogP contribution in [0.4, 0.5) is 10.1 Å². The summed E-state index contributed by atoms with van der Waals surface area (Å²) in [7, 11) is -3.04. The largest absolute Gasteiger partial charge is 0.475 e. The number of methoxy groups -OCH3 is 1. The van der Waals surface area contributed by atoms with Crippen LogP contribution < -0.4 is 9.64 Å². The van der Waals surface area contributed by atoms with Crippen LogP contribution in [-0.2, 0) is 30.9 Å². The lowest BCUT2D eigenvalue weighted by atomic mass is 10.1. The molecule has 3 aromatic carbocycles. The van der Waals surface area contributed by atoms with Crippen molar-refractivity contribution in [3.63, 3.8) is 0 Å². The first-order chi connectivity index (χ1) is 17.2. The number of amides is 1. The van der Waals surface area contributed by atoms with Crippen LogP contribution in [0.1, 0.15) is 5.56 Å². The minimum Gasteiger partial charge on any atom is -0.475 e. The van der Waals surface area contributed by atoms with Gasteiger partial charge in [0.2, 0.25) is 22.0 Å². The lowest BCUT2D eigenvalue weighted by Gasteiger charge is -2.34. The first-order valence-corrected chi connectivity index (χ1v) is 12.7. The molecule has 0 aliphatic carbocycles. The van der Waals surface area contributed by atoms with Crippen molar-refractivity contribution < 1.29 is 31.9 Å². The van der Waals surface area contributed by atoms with Gasteiger partial charge >= 0.3 is 5.97 Å². The van der Waals surface area contributed by atoms with Crippen molar-refractivity contribution in [2.24, 2.45) is 0 Å². The van der Waals surface area contributed by atoms with Gasteiger partial charge in [0.15, 0.2) is 0 Å². The van der Waals surface area contributed by atoms with Gasteiger partial charge in [-0.15, -0.1) is 0 Å². The molecule has 0 N–H and O–H groups in total. The Morgan fingerprint density at radius 3 is 2.44 bits per heavy atom. The minimum absolute atomic E-state index is 0.0950. The third-order valence-corrected chi connectivity index (χ3v) is 7.66. The number of halogens is 2. The summed E-state index contributed by atoms with van der Waals surface area (Å²) >= 11 is 5.91. The molecule has 11 heteroatoms. The number of esters is 1. The number of hydrogen-bond donors (Lipinski definition) is 0. The first-order valence-electron chi connectivity index (χ1n) is 10.8. The molecule has 8 nitrogen and oxygen atoms in total. The molecule has 4 rings (SSSR count). The molecule has 0 aromatic heterocycles. The van der Waals surface area contributed by atoms with E-state index in [9.17, 15) is 22.4 Å². The molecule has 1 aliphatic rings. The SMILES string of the molecule is COC(=O)[C@@H]1CN(C(=O)CN(Cc2ccccc2F)S(=O)(=O)c2ccc(Cl)cc2)c2ccccc2O1. The molecule has 0 saturated heterocycles. The molecule has 1 atom stereocenters. The number of sulfonamides is 1. The molecule has 36 heavy (non-hydrogen) atoms. The summed E-state index contributed by atoms with van der Waals surface area (Å²) in [6.07, 6.45) is -1.10. The van der Waals surface area contributed by atoms with Crippen molar-refractivity contribution in [1.29, 1.82) is 0 Å². The van der Waals surface area contributed by atoms with Crippen LogP contribution in [0.5, 0.6) is 5.75 Å². The average Bonchev–Trinajstić information content (AvgIpc) is 2.88. The van der Waals surface area contributed by atoms with Crippen LogP contribution in [0, 0.1) is 5.82 Å². The van der Waals surface area contributed by atoms with Gasteiger partial charge in [-0.1, -0.05) is 41.9 Å². The van der Waals surface area contributed by atoms with Gasteiger partial charge in [-0.3, -0.25) is 4.79 Å². The van der Waals surface area contributed by atoms with Gasteiger partial charge in [-0.2, -0.15) is 4.31 Å². The highest BCUT2D eigenvalue weighted by Gasteiger charge is 2.36. The summed E-state index contributed by atoms with van der Waals surface area (Å²) in [4.78, 5) is 26.9. The van der Waals surface area contributed by atoms with Crippen molar-refractivity contribution in [1.82, 2.24) is 4.31 Å². The Balaban J connectivity index is 1.70. The summed E-state index contributed by atoms with van der Waals surface area (Å²) < 4.78 is 52.9. The molecule has 0 spiro atoms. The van der Waals surface area contributed by atoms with Gasteiger partial charge in [0.05, 0.1) is 30.8 Å². The number of nitrogens with zero attached hydrogens (tertiary/aromatic N) is 2. The van der Waals surface area contributed by atoms with E-state index in [1.807, 2.05) is 0 Å². The fraction of sp³-hybridized carbons (Fsp3) is 0.200. The van der Waals surface area contributed by atoms with E-state index in [4.69, 9.17) is 21.1 Å². The number of anilines is 1. The van der Waals surface area contributed by atoms with Gasteiger partial charge < -0.3 is 14.4 Å². The van der Waals surface area contributed by atoms with E-state index in [1.54, 1.807) is 30.3 Å². The Morgan fingerprint density at radius 1 is 1.08 bits per heavy atom. The van der Waals surface area contributed by atoms with E-state index in [0.717, 1.165) is 4.31 Å². The number of fused-ring (bicyclic) bond motifs is 1. The highest BCUT2D eigenvalue weighted by molar-refractivity contribution is 7.89. The first kappa shape index (κ1) is 25.6. The summed E-state index contributed by atoms with van der Waals surface area (Å²) in [6, 6.07) is 17.7. The molecular formula is C25H22ClFN2O6S. The third-order valence-electron chi connectivity index (χ3n) is 5.61. The summed E-state index contributed by atoms with van der Waals surface area (Å²) in [5, 5.41) is 0.337.